The summed E-state index contributed by atoms with van der Waals surface area (Å²) in [5, 5.41) is 9.04. The lowest BCUT2D eigenvalue weighted by atomic mass is 9.99. The van der Waals surface area contributed by atoms with Gasteiger partial charge in [-0.2, -0.15) is 13.2 Å². The summed E-state index contributed by atoms with van der Waals surface area (Å²) in [5.74, 6) is -0.213. The van der Waals surface area contributed by atoms with Gasteiger partial charge in [-0.05, 0) is 24.6 Å². The van der Waals surface area contributed by atoms with Gasteiger partial charge in [0.05, 0.1) is 11.2 Å². The van der Waals surface area contributed by atoms with Crippen molar-refractivity contribution in [3.05, 3.63) is 35.4 Å². The fourth-order valence-electron chi connectivity index (χ4n) is 2.42. The largest absolute Gasteiger partial charge is 0.416 e. The minimum atomic E-state index is -4.37. The zero-order valence-electron chi connectivity index (χ0n) is 12.2. The van der Waals surface area contributed by atoms with Crippen LogP contribution in [0.15, 0.2) is 24.3 Å². The topological polar surface area (TPSA) is 49.8 Å². The number of hydrogen-bond donors (Lipinski definition) is 1. The zero-order valence-corrected chi connectivity index (χ0v) is 12.2. The number of benzene rings is 1. The summed E-state index contributed by atoms with van der Waals surface area (Å²) in [4.78, 5) is 13.4. The Hall–Kier alpha value is -1.60. The molecule has 1 fully saturated rings. The van der Waals surface area contributed by atoms with Crippen LogP contribution in [0.2, 0.25) is 0 Å². The summed E-state index contributed by atoms with van der Waals surface area (Å²) in [7, 11) is 0. The SMILES string of the molecule is CC1(CCO)CN(Cc2ccc(C(F)(F)F)cc2)C(=O)CO1. The number of aliphatic hydroxyl groups excluding tert-OH is 1. The first-order valence-corrected chi connectivity index (χ1v) is 6.92. The van der Waals surface area contributed by atoms with Gasteiger partial charge in [0, 0.05) is 26.1 Å². The van der Waals surface area contributed by atoms with Crippen LogP contribution in [0.4, 0.5) is 13.2 Å². The van der Waals surface area contributed by atoms with E-state index in [0.29, 0.717) is 18.5 Å². The van der Waals surface area contributed by atoms with Gasteiger partial charge in [0.15, 0.2) is 0 Å². The maximum atomic E-state index is 12.5. The molecule has 0 spiro atoms. The van der Waals surface area contributed by atoms with Crippen molar-refractivity contribution in [2.24, 2.45) is 0 Å². The Kier molecular flexibility index (Phi) is 4.77. The van der Waals surface area contributed by atoms with Gasteiger partial charge in [-0.3, -0.25) is 4.79 Å². The molecule has 1 aromatic carbocycles. The molecule has 7 heteroatoms. The Labute approximate surface area is 126 Å². The number of ether oxygens (including phenoxy) is 1. The molecule has 1 aliphatic heterocycles. The molecule has 1 aliphatic rings. The fraction of sp³-hybridized carbons (Fsp3) is 0.533. The van der Waals surface area contributed by atoms with Crippen LogP contribution in [-0.2, 0) is 22.3 Å². The van der Waals surface area contributed by atoms with Gasteiger partial charge in [-0.15, -0.1) is 0 Å². The molecule has 1 amide bonds. The Balaban J connectivity index is 2.07. The molecule has 122 valence electrons. The minimum Gasteiger partial charge on any atom is -0.396 e. The molecule has 1 aromatic rings. The highest BCUT2D eigenvalue weighted by molar-refractivity contribution is 5.78. The summed E-state index contributed by atoms with van der Waals surface area (Å²) in [6.45, 7) is 2.18. The van der Waals surface area contributed by atoms with E-state index in [-0.39, 0.29) is 25.7 Å². The molecule has 0 bridgehead atoms. The average Bonchev–Trinajstić information content (AvgIpc) is 2.43. The van der Waals surface area contributed by atoms with Crippen LogP contribution in [0.3, 0.4) is 0 Å². The smallest absolute Gasteiger partial charge is 0.396 e. The van der Waals surface area contributed by atoms with Crippen molar-refractivity contribution in [1.82, 2.24) is 4.90 Å². The molecule has 1 N–H and O–H groups in total. The maximum Gasteiger partial charge on any atom is 0.416 e. The molecule has 22 heavy (non-hydrogen) atoms. The van der Waals surface area contributed by atoms with E-state index in [2.05, 4.69) is 0 Å². The van der Waals surface area contributed by atoms with Crippen LogP contribution in [0.1, 0.15) is 24.5 Å². The third-order valence-electron chi connectivity index (χ3n) is 3.72. The average molecular weight is 317 g/mol. The first-order valence-electron chi connectivity index (χ1n) is 6.92. The van der Waals surface area contributed by atoms with Gasteiger partial charge in [0.1, 0.15) is 6.61 Å². The van der Waals surface area contributed by atoms with Crippen molar-refractivity contribution in [3.8, 4) is 0 Å². The number of halogens is 3. The molecule has 2 rings (SSSR count). The van der Waals surface area contributed by atoms with Crippen molar-refractivity contribution >= 4 is 5.91 Å². The molecule has 1 heterocycles. The van der Waals surface area contributed by atoms with Gasteiger partial charge in [0.25, 0.3) is 0 Å². The Morgan fingerprint density at radius 2 is 1.95 bits per heavy atom. The molecule has 1 atom stereocenters. The highest BCUT2D eigenvalue weighted by atomic mass is 19.4. The Morgan fingerprint density at radius 1 is 1.32 bits per heavy atom. The van der Waals surface area contributed by atoms with E-state index in [9.17, 15) is 18.0 Å². The monoisotopic (exact) mass is 317 g/mol. The summed E-state index contributed by atoms with van der Waals surface area (Å²) in [6.07, 6.45) is -3.98. The highest BCUT2D eigenvalue weighted by Crippen LogP contribution is 2.29. The number of alkyl halides is 3. The molecule has 1 unspecified atom stereocenters. The maximum absolute atomic E-state index is 12.5. The standard InChI is InChI=1S/C15H18F3NO3/c1-14(6-7-20)10-19(13(21)9-22-14)8-11-2-4-12(5-3-11)15(16,17)18/h2-5,20H,6-10H2,1H3. The second-order valence-corrected chi connectivity index (χ2v) is 5.66. The fourth-order valence-corrected chi connectivity index (χ4v) is 2.42. The number of aliphatic hydroxyl groups is 1. The van der Waals surface area contributed by atoms with Crippen molar-refractivity contribution in [2.75, 3.05) is 19.8 Å². The van der Waals surface area contributed by atoms with Crippen LogP contribution in [0.25, 0.3) is 0 Å². The summed E-state index contributed by atoms with van der Waals surface area (Å²) >= 11 is 0. The molecule has 0 aliphatic carbocycles. The van der Waals surface area contributed by atoms with Crippen LogP contribution < -0.4 is 0 Å². The molecule has 0 saturated carbocycles. The summed E-state index contributed by atoms with van der Waals surface area (Å²) < 4.78 is 43.0. The van der Waals surface area contributed by atoms with Crippen LogP contribution in [0.5, 0.6) is 0 Å². The second kappa shape index (κ2) is 6.26. The van der Waals surface area contributed by atoms with E-state index in [1.807, 2.05) is 0 Å². The number of nitrogens with zero attached hydrogens (tertiary/aromatic N) is 1. The zero-order chi connectivity index (χ0) is 16.4. The third-order valence-corrected chi connectivity index (χ3v) is 3.72. The molecular formula is C15H18F3NO3. The first kappa shape index (κ1) is 16.8. The third kappa shape index (κ3) is 3.98. The second-order valence-electron chi connectivity index (χ2n) is 5.66. The van der Waals surface area contributed by atoms with Crippen molar-refractivity contribution in [1.29, 1.82) is 0 Å². The molecular weight excluding hydrogens is 299 g/mol. The van der Waals surface area contributed by atoms with E-state index in [0.717, 1.165) is 12.1 Å². The first-order chi connectivity index (χ1) is 10.2. The van der Waals surface area contributed by atoms with Crippen molar-refractivity contribution in [2.45, 2.75) is 31.7 Å². The Morgan fingerprint density at radius 3 is 2.50 bits per heavy atom. The van der Waals surface area contributed by atoms with E-state index < -0.39 is 17.3 Å². The highest BCUT2D eigenvalue weighted by Gasteiger charge is 2.35. The lowest BCUT2D eigenvalue weighted by molar-refractivity contribution is -0.164. The predicted octanol–water partition coefficient (Wildman–Crippen LogP) is 2.21. The van der Waals surface area contributed by atoms with E-state index in [1.54, 1.807) is 11.8 Å². The Bertz CT molecular complexity index is 530. The number of carbonyl (C=O) groups is 1. The van der Waals surface area contributed by atoms with Gasteiger partial charge in [-0.25, -0.2) is 0 Å². The lowest BCUT2D eigenvalue weighted by Gasteiger charge is -2.40. The van der Waals surface area contributed by atoms with Gasteiger partial charge in [0.2, 0.25) is 5.91 Å². The lowest BCUT2D eigenvalue weighted by Crippen LogP contribution is -2.53. The molecule has 4 nitrogen and oxygen atoms in total. The van der Waals surface area contributed by atoms with Crippen LogP contribution in [-0.4, -0.2) is 41.3 Å². The van der Waals surface area contributed by atoms with Crippen molar-refractivity contribution < 1.29 is 27.8 Å². The summed E-state index contributed by atoms with van der Waals surface area (Å²) in [5.41, 5.74) is -0.724. The minimum absolute atomic E-state index is 0.0567. The van der Waals surface area contributed by atoms with E-state index >= 15 is 0 Å². The van der Waals surface area contributed by atoms with Gasteiger partial charge < -0.3 is 14.7 Å². The normalized spacial score (nSPS) is 23.0. The summed E-state index contributed by atoms with van der Waals surface area (Å²) in [6, 6.07) is 4.75. The van der Waals surface area contributed by atoms with Crippen molar-refractivity contribution in [3.63, 3.8) is 0 Å². The van der Waals surface area contributed by atoms with E-state index in [1.165, 1.54) is 12.1 Å². The number of hydrogen-bond acceptors (Lipinski definition) is 3. The van der Waals surface area contributed by atoms with Crippen LogP contribution in [0, 0.1) is 0 Å². The van der Waals surface area contributed by atoms with Gasteiger partial charge in [-0.1, -0.05) is 12.1 Å². The number of rotatable bonds is 4. The molecule has 1 saturated heterocycles. The molecule has 0 radical (unpaired) electrons. The quantitative estimate of drug-likeness (QED) is 0.926. The number of morpholine rings is 1. The van der Waals surface area contributed by atoms with Gasteiger partial charge >= 0.3 is 6.18 Å². The van der Waals surface area contributed by atoms with E-state index in [4.69, 9.17) is 9.84 Å². The van der Waals surface area contributed by atoms with Crippen LogP contribution >= 0.6 is 0 Å². The number of carbonyl (C=O) groups excluding carboxylic acids is 1. The molecule has 0 aromatic heterocycles. The predicted molar refractivity (Wildman–Crippen MR) is 72.9 cm³/mol. The number of amides is 1.